The summed E-state index contributed by atoms with van der Waals surface area (Å²) in [6.07, 6.45) is 2.40. The summed E-state index contributed by atoms with van der Waals surface area (Å²) in [7, 11) is 2.20. The molecule has 2 heterocycles. The minimum absolute atomic E-state index is 0.374. The van der Waals surface area contributed by atoms with Crippen LogP contribution in [0.15, 0.2) is 0 Å². The maximum Gasteiger partial charge on any atom is 0.0375 e. The number of likely N-dealkylation sites (tertiary alicyclic amines) is 1. The zero-order valence-electron chi connectivity index (χ0n) is 9.78. The smallest absolute Gasteiger partial charge is 0.0375 e. The van der Waals surface area contributed by atoms with Crippen LogP contribution in [0.25, 0.3) is 0 Å². The minimum atomic E-state index is 0.374. The maximum absolute atomic E-state index is 6.23. The fourth-order valence-electron chi connectivity index (χ4n) is 2.69. The van der Waals surface area contributed by atoms with Crippen molar-refractivity contribution in [2.75, 3.05) is 46.3 Å². The molecular formula is C11H24N4. The summed E-state index contributed by atoms with van der Waals surface area (Å²) in [4.78, 5) is 4.99. The number of hydrogen-bond acceptors (Lipinski definition) is 4. The second-order valence-corrected chi connectivity index (χ2v) is 4.92. The lowest BCUT2D eigenvalue weighted by Crippen LogP contribution is -2.58. The van der Waals surface area contributed by atoms with E-state index in [4.69, 9.17) is 5.73 Å². The molecule has 0 aromatic carbocycles. The first-order chi connectivity index (χ1) is 7.27. The molecule has 88 valence electrons. The van der Waals surface area contributed by atoms with Gasteiger partial charge in [-0.25, -0.2) is 0 Å². The van der Waals surface area contributed by atoms with Gasteiger partial charge in [0.15, 0.2) is 0 Å². The highest BCUT2D eigenvalue weighted by Crippen LogP contribution is 2.14. The van der Waals surface area contributed by atoms with Crippen molar-refractivity contribution in [1.82, 2.24) is 15.1 Å². The van der Waals surface area contributed by atoms with Crippen LogP contribution in [-0.4, -0.2) is 68.2 Å². The molecule has 0 aromatic heterocycles. The van der Waals surface area contributed by atoms with Crippen molar-refractivity contribution < 1.29 is 0 Å². The number of nitrogens with two attached hydrogens (primary N) is 1. The lowest BCUT2D eigenvalue weighted by molar-refractivity contribution is 0.100. The summed E-state index contributed by atoms with van der Waals surface area (Å²) in [6, 6.07) is 0.947. The first-order valence-corrected chi connectivity index (χ1v) is 6.16. The van der Waals surface area contributed by atoms with E-state index in [1.54, 1.807) is 0 Å². The Morgan fingerprint density at radius 3 is 2.93 bits per heavy atom. The molecule has 2 aliphatic rings. The van der Waals surface area contributed by atoms with E-state index in [0.29, 0.717) is 12.1 Å². The molecule has 0 aliphatic carbocycles. The largest absolute Gasteiger partial charge is 0.326 e. The third-order valence-corrected chi connectivity index (χ3v) is 3.68. The van der Waals surface area contributed by atoms with E-state index in [2.05, 4.69) is 22.2 Å². The van der Waals surface area contributed by atoms with E-state index < -0.39 is 0 Å². The highest BCUT2D eigenvalue weighted by Gasteiger charge is 2.29. The van der Waals surface area contributed by atoms with E-state index in [1.807, 2.05) is 0 Å². The van der Waals surface area contributed by atoms with Gasteiger partial charge in [-0.2, -0.15) is 0 Å². The van der Waals surface area contributed by atoms with Crippen LogP contribution in [-0.2, 0) is 0 Å². The summed E-state index contributed by atoms with van der Waals surface area (Å²) in [5.41, 5.74) is 6.23. The molecule has 2 saturated heterocycles. The number of nitrogens with zero attached hydrogens (tertiary/aromatic N) is 2. The van der Waals surface area contributed by atoms with E-state index in [0.717, 1.165) is 39.1 Å². The van der Waals surface area contributed by atoms with Gasteiger partial charge >= 0.3 is 0 Å². The molecule has 0 bridgehead atoms. The molecule has 2 fully saturated rings. The van der Waals surface area contributed by atoms with Crippen molar-refractivity contribution in [3.63, 3.8) is 0 Å². The van der Waals surface area contributed by atoms with Gasteiger partial charge in [0.1, 0.15) is 0 Å². The number of likely N-dealkylation sites (N-methyl/N-ethyl adjacent to an activating group) is 1. The van der Waals surface area contributed by atoms with Crippen LogP contribution in [0.4, 0.5) is 0 Å². The lowest BCUT2D eigenvalue weighted by Gasteiger charge is -2.41. The Kier molecular flexibility index (Phi) is 3.97. The van der Waals surface area contributed by atoms with Gasteiger partial charge in [-0.1, -0.05) is 0 Å². The predicted molar refractivity (Wildman–Crippen MR) is 62.9 cm³/mol. The molecular weight excluding hydrogens is 188 g/mol. The fraction of sp³-hybridized carbons (Fsp3) is 1.00. The first kappa shape index (κ1) is 11.3. The average molecular weight is 212 g/mol. The second kappa shape index (κ2) is 5.25. The normalized spacial score (nSPS) is 36.4. The summed E-state index contributed by atoms with van der Waals surface area (Å²) in [6.45, 7) is 6.94. The van der Waals surface area contributed by atoms with Crippen LogP contribution in [0.1, 0.15) is 12.8 Å². The molecule has 3 N–H and O–H groups in total. The summed E-state index contributed by atoms with van der Waals surface area (Å²) >= 11 is 0. The Bertz CT molecular complexity index is 189. The molecule has 15 heavy (non-hydrogen) atoms. The van der Waals surface area contributed by atoms with Gasteiger partial charge < -0.3 is 16.0 Å². The molecule has 0 aromatic rings. The van der Waals surface area contributed by atoms with E-state index in [1.165, 1.54) is 13.0 Å². The molecule has 0 saturated carbocycles. The predicted octanol–water partition coefficient (Wildman–Crippen LogP) is -0.687. The molecule has 2 rings (SSSR count). The third-order valence-electron chi connectivity index (χ3n) is 3.68. The number of rotatable bonds is 1. The third kappa shape index (κ3) is 2.91. The molecule has 4 nitrogen and oxygen atoms in total. The Hall–Kier alpha value is -0.160. The quantitative estimate of drug-likeness (QED) is 0.604. The Morgan fingerprint density at radius 2 is 2.07 bits per heavy atom. The van der Waals surface area contributed by atoms with Crippen LogP contribution >= 0.6 is 0 Å². The molecule has 4 heteroatoms. The standard InChI is InChI=1S/C11H24N4/c1-14-7-3-10(12)11(9-14)15-6-2-4-13-5-8-15/h10-11,13H,2-9,12H2,1H3. The summed E-state index contributed by atoms with van der Waals surface area (Å²) in [5.74, 6) is 0. The molecule has 0 amide bonds. The molecule has 0 radical (unpaired) electrons. The fourth-order valence-corrected chi connectivity index (χ4v) is 2.69. The molecule has 0 spiro atoms. The summed E-state index contributed by atoms with van der Waals surface area (Å²) in [5, 5.41) is 3.45. The average Bonchev–Trinajstić information content (AvgIpc) is 2.50. The highest BCUT2D eigenvalue weighted by atomic mass is 15.3. The first-order valence-electron chi connectivity index (χ1n) is 6.16. The van der Waals surface area contributed by atoms with Crippen molar-refractivity contribution in [3.05, 3.63) is 0 Å². The lowest BCUT2D eigenvalue weighted by atomic mass is 9.99. The van der Waals surface area contributed by atoms with Gasteiger partial charge in [0.25, 0.3) is 0 Å². The van der Waals surface area contributed by atoms with Crippen LogP contribution < -0.4 is 11.1 Å². The second-order valence-electron chi connectivity index (χ2n) is 4.92. The van der Waals surface area contributed by atoms with Gasteiger partial charge in [0, 0.05) is 31.7 Å². The highest BCUT2D eigenvalue weighted by molar-refractivity contribution is 4.89. The van der Waals surface area contributed by atoms with Crippen molar-refractivity contribution in [1.29, 1.82) is 0 Å². The van der Waals surface area contributed by atoms with E-state index in [9.17, 15) is 0 Å². The number of hydrogen-bond donors (Lipinski definition) is 2. The monoisotopic (exact) mass is 212 g/mol. The van der Waals surface area contributed by atoms with Crippen LogP contribution in [0, 0.1) is 0 Å². The molecule has 2 atom stereocenters. The Balaban J connectivity index is 1.93. The summed E-state index contributed by atoms with van der Waals surface area (Å²) < 4.78 is 0. The molecule has 2 unspecified atom stereocenters. The van der Waals surface area contributed by atoms with Crippen LogP contribution in [0.2, 0.25) is 0 Å². The number of piperidine rings is 1. The minimum Gasteiger partial charge on any atom is -0.326 e. The SMILES string of the molecule is CN1CCC(N)C(N2CCCNCC2)C1. The van der Waals surface area contributed by atoms with Crippen molar-refractivity contribution in [2.24, 2.45) is 5.73 Å². The van der Waals surface area contributed by atoms with Gasteiger partial charge in [0.05, 0.1) is 0 Å². The van der Waals surface area contributed by atoms with Crippen molar-refractivity contribution in [3.8, 4) is 0 Å². The zero-order valence-corrected chi connectivity index (χ0v) is 9.78. The van der Waals surface area contributed by atoms with Crippen molar-refractivity contribution >= 4 is 0 Å². The van der Waals surface area contributed by atoms with Gasteiger partial charge in [-0.05, 0) is 39.5 Å². The van der Waals surface area contributed by atoms with Crippen LogP contribution in [0.5, 0.6) is 0 Å². The van der Waals surface area contributed by atoms with Gasteiger partial charge in [0.2, 0.25) is 0 Å². The zero-order chi connectivity index (χ0) is 10.7. The van der Waals surface area contributed by atoms with Crippen molar-refractivity contribution in [2.45, 2.75) is 24.9 Å². The van der Waals surface area contributed by atoms with Crippen LogP contribution in [0.3, 0.4) is 0 Å². The number of nitrogens with one attached hydrogen (secondary N) is 1. The van der Waals surface area contributed by atoms with E-state index >= 15 is 0 Å². The van der Waals surface area contributed by atoms with Gasteiger partial charge in [-0.3, -0.25) is 4.90 Å². The van der Waals surface area contributed by atoms with Gasteiger partial charge in [-0.15, -0.1) is 0 Å². The van der Waals surface area contributed by atoms with E-state index in [-0.39, 0.29) is 0 Å². The Labute approximate surface area is 92.8 Å². The maximum atomic E-state index is 6.23. The topological polar surface area (TPSA) is 44.5 Å². The molecule has 2 aliphatic heterocycles. The Morgan fingerprint density at radius 1 is 1.20 bits per heavy atom.